The summed E-state index contributed by atoms with van der Waals surface area (Å²) in [6, 6.07) is 0. The van der Waals surface area contributed by atoms with E-state index in [1.165, 1.54) is 0 Å². The van der Waals surface area contributed by atoms with Gasteiger partial charge in [-0.15, -0.1) is 21.5 Å². The number of nitrogens with zero attached hydrogens (tertiary/aromatic N) is 2. The van der Waals surface area contributed by atoms with Gasteiger partial charge in [0.1, 0.15) is 10.5 Å². The molecule has 0 aliphatic heterocycles. The summed E-state index contributed by atoms with van der Waals surface area (Å²) >= 11 is 1.61. The Balaban J connectivity index is 0.000000461. The van der Waals surface area contributed by atoms with Crippen LogP contribution in [0.15, 0.2) is 5.51 Å². The molecule has 0 unspecified atom stereocenters. The molecule has 0 fully saturated rings. The minimum atomic E-state index is 0.168. The second-order valence-corrected chi connectivity index (χ2v) is 3.83. The Morgan fingerprint density at radius 2 is 1.82 bits per heavy atom. The van der Waals surface area contributed by atoms with Crippen molar-refractivity contribution in [3.8, 4) is 0 Å². The van der Waals surface area contributed by atoms with Crippen LogP contribution in [0, 0.1) is 0 Å². The molecule has 0 spiro atoms. The van der Waals surface area contributed by atoms with Crippen LogP contribution in [0.1, 0.15) is 39.6 Å². The highest BCUT2D eigenvalue weighted by Crippen LogP contribution is 2.22. The lowest BCUT2D eigenvalue weighted by molar-refractivity contribution is 0.578. The van der Waals surface area contributed by atoms with Crippen LogP contribution >= 0.6 is 11.3 Å². The van der Waals surface area contributed by atoms with Crippen LogP contribution in [0.5, 0.6) is 0 Å². The molecule has 0 radical (unpaired) electrons. The van der Waals surface area contributed by atoms with E-state index in [1.807, 2.05) is 13.8 Å². The minimum absolute atomic E-state index is 0.168. The third-order valence-corrected chi connectivity index (χ3v) is 2.12. The van der Waals surface area contributed by atoms with Gasteiger partial charge in [0.25, 0.3) is 0 Å². The molecular formula is C8H16N2S. The molecule has 1 rings (SSSR count). The fourth-order valence-electron chi connectivity index (χ4n) is 0.500. The van der Waals surface area contributed by atoms with Crippen LogP contribution < -0.4 is 0 Å². The molecule has 0 saturated heterocycles. The van der Waals surface area contributed by atoms with Gasteiger partial charge in [-0.2, -0.15) is 0 Å². The molecule has 0 aliphatic rings. The molecule has 0 bridgehead atoms. The van der Waals surface area contributed by atoms with E-state index in [-0.39, 0.29) is 5.41 Å². The SMILES string of the molecule is CC.CC(C)(C)c1nncs1. The molecule has 0 aliphatic carbocycles. The molecule has 2 nitrogen and oxygen atoms in total. The summed E-state index contributed by atoms with van der Waals surface area (Å²) in [5, 5.41) is 8.81. The quantitative estimate of drug-likeness (QED) is 0.601. The van der Waals surface area contributed by atoms with E-state index in [0.29, 0.717) is 0 Å². The Morgan fingerprint density at radius 3 is 2.00 bits per heavy atom. The van der Waals surface area contributed by atoms with E-state index in [4.69, 9.17) is 0 Å². The number of hydrogen-bond donors (Lipinski definition) is 0. The van der Waals surface area contributed by atoms with Gasteiger partial charge in [0.05, 0.1) is 0 Å². The zero-order chi connectivity index (χ0) is 8.91. The van der Waals surface area contributed by atoms with Gasteiger partial charge in [-0.25, -0.2) is 0 Å². The van der Waals surface area contributed by atoms with Crippen LogP contribution in [-0.2, 0) is 5.41 Å². The summed E-state index contributed by atoms with van der Waals surface area (Å²) in [6.07, 6.45) is 0. The van der Waals surface area contributed by atoms with Crippen molar-refractivity contribution < 1.29 is 0 Å². The number of hydrogen-bond acceptors (Lipinski definition) is 3. The molecule has 64 valence electrons. The highest BCUT2D eigenvalue weighted by Gasteiger charge is 2.16. The monoisotopic (exact) mass is 172 g/mol. The molecule has 0 aromatic carbocycles. The fourth-order valence-corrected chi connectivity index (χ4v) is 1.14. The molecule has 1 aromatic heterocycles. The molecule has 0 amide bonds. The van der Waals surface area contributed by atoms with Gasteiger partial charge in [0, 0.05) is 5.41 Å². The Kier molecular flexibility index (Phi) is 4.26. The predicted molar refractivity (Wildman–Crippen MR) is 50.0 cm³/mol. The molecule has 11 heavy (non-hydrogen) atoms. The van der Waals surface area contributed by atoms with Gasteiger partial charge >= 0.3 is 0 Å². The maximum atomic E-state index is 3.96. The Labute approximate surface area is 72.7 Å². The average molecular weight is 172 g/mol. The maximum Gasteiger partial charge on any atom is 0.122 e. The fraction of sp³-hybridized carbons (Fsp3) is 0.750. The van der Waals surface area contributed by atoms with E-state index >= 15 is 0 Å². The highest BCUT2D eigenvalue weighted by molar-refractivity contribution is 7.09. The largest absolute Gasteiger partial charge is 0.147 e. The number of rotatable bonds is 0. The van der Waals surface area contributed by atoms with Crippen LogP contribution in [0.3, 0.4) is 0 Å². The molecule has 0 atom stereocenters. The molecular weight excluding hydrogens is 156 g/mol. The summed E-state index contributed by atoms with van der Waals surface area (Å²) in [5.74, 6) is 0. The van der Waals surface area contributed by atoms with Crippen molar-refractivity contribution in [3.63, 3.8) is 0 Å². The molecule has 3 heteroatoms. The van der Waals surface area contributed by atoms with E-state index in [9.17, 15) is 0 Å². The van der Waals surface area contributed by atoms with E-state index < -0.39 is 0 Å². The van der Waals surface area contributed by atoms with Crippen molar-refractivity contribution in [1.82, 2.24) is 10.2 Å². The van der Waals surface area contributed by atoms with Gasteiger partial charge in [-0.3, -0.25) is 0 Å². The standard InChI is InChI=1S/C6H10N2S.C2H6/c1-6(2,3)5-8-7-4-9-5;1-2/h4H,1-3H3;1-2H3. The van der Waals surface area contributed by atoms with E-state index in [2.05, 4.69) is 31.0 Å². The summed E-state index contributed by atoms with van der Waals surface area (Å²) in [7, 11) is 0. The van der Waals surface area contributed by atoms with Gasteiger partial charge in [0.2, 0.25) is 0 Å². The van der Waals surface area contributed by atoms with Crippen molar-refractivity contribution in [2.45, 2.75) is 40.0 Å². The summed E-state index contributed by atoms with van der Waals surface area (Å²) < 4.78 is 0. The lowest BCUT2D eigenvalue weighted by Gasteiger charge is -2.11. The summed E-state index contributed by atoms with van der Waals surface area (Å²) in [4.78, 5) is 0. The Hall–Kier alpha value is -0.440. The summed E-state index contributed by atoms with van der Waals surface area (Å²) in [5.41, 5.74) is 1.93. The first-order chi connectivity index (χ1) is 5.11. The van der Waals surface area contributed by atoms with Gasteiger partial charge in [0.15, 0.2) is 0 Å². The highest BCUT2D eigenvalue weighted by atomic mass is 32.1. The average Bonchev–Trinajstić information content (AvgIpc) is 2.40. The zero-order valence-corrected chi connectivity index (χ0v) is 8.70. The topological polar surface area (TPSA) is 25.8 Å². The first-order valence-electron chi connectivity index (χ1n) is 3.87. The molecule has 0 saturated carbocycles. The van der Waals surface area contributed by atoms with Gasteiger partial charge in [-0.05, 0) is 0 Å². The smallest absolute Gasteiger partial charge is 0.122 e. The predicted octanol–water partition coefficient (Wildman–Crippen LogP) is 2.86. The molecule has 1 heterocycles. The van der Waals surface area contributed by atoms with Crippen LogP contribution in [0.2, 0.25) is 0 Å². The second kappa shape index (κ2) is 4.44. The second-order valence-electron chi connectivity index (χ2n) is 2.99. The van der Waals surface area contributed by atoms with Crippen molar-refractivity contribution in [2.24, 2.45) is 0 Å². The molecule has 1 aromatic rings. The van der Waals surface area contributed by atoms with Crippen molar-refractivity contribution >= 4 is 11.3 Å². The van der Waals surface area contributed by atoms with Gasteiger partial charge < -0.3 is 0 Å². The number of aromatic nitrogens is 2. The maximum absolute atomic E-state index is 3.96. The first-order valence-corrected chi connectivity index (χ1v) is 4.75. The van der Waals surface area contributed by atoms with E-state index in [1.54, 1.807) is 16.8 Å². The Morgan fingerprint density at radius 1 is 1.27 bits per heavy atom. The van der Waals surface area contributed by atoms with Crippen molar-refractivity contribution in [2.75, 3.05) is 0 Å². The first kappa shape index (κ1) is 10.6. The van der Waals surface area contributed by atoms with Crippen LogP contribution in [-0.4, -0.2) is 10.2 Å². The normalized spacial score (nSPS) is 10.3. The van der Waals surface area contributed by atoms with Crippen molar-refractivity contribution in [3.05, 3.63) is 10.5 Å². The van der Waals surface area contributed by atoms with E-state index in [0.717, 1.165) is 5.01 Å². The third kappa shape index (κ3) is 3.46. The summed E-state index contributed by atoms with van der Waals surface area (Å²) in [6.45, 7) is 10.4. The Bertz CT molecular complexity index is 174. The lowest BCUT2D eigenvalue weighted by atomic mass is 9.98. The van der Waals surface area contributed by atoms with Crippen molar-refractivity contribution in [1.29, 1.82) is 0 Å². The zero-order valence-electron chi connectivity index (χ0n) is 7.88. The third-order valence-electron chi connectivity index (χ3n) is 1.00. The van der Waals surface area contributed by atoms with Crippen LogP contribution in [0.4, 0.5) is 0 Å². The van der Waals surface area contributed by atoms with Crippen LogP contribution in [0.25, 0.3) is 0 Å². The van der Waals surface area contributed by atoms with Gasteiger partial charge in [-0.1, -0.05) is 34.6 Å². The lowest BCUT2D eigenvalue weighted by Crippen LogP contribution is -2.10. The molecule has 0 N–H and O–H groups in total. The minimum Gasteiger partial charge on any atom is -0.147 e.